The second-order valence-electron chi connectivity index (χ2n) is 4.54. The van der Waals surface area contributed by atoms with Crippen molar-refractivity contribution in [2.45, 2.75) is 12.6 Å². The van der Waals surface area contributed by atoms with E-state index < -0.39 is 23.6 Å². The minimum atomic E-state index is -1.49. The third kappa shape index (κ3) is 3.97. The van der Waals surface area contributed by atoms with Gasteiger partial charge in [-0.05, 0) is 23.8 Å². The Kier molecular flexibility index (Phi) is 5.22. The highest BCUT2D eigenvalue weighted by molar-refractivity contribution is 6.31. The number of aliphatic hydroxyl groups is 1. The number of hydrogen-bond acceptors (Lipinski definition) is 2. The van der Waals surface area contributed by atoms with Crippen LogP contribution in [0.2, 0.25) is 5.02 Å². The first-order chi connectivity index (χ1) is 9.99. The summed E-state index contributed by atoms with van der Waals surface area (Å²) < 4.78 is 38.9. The van der Waals surface area contributed by atoms with E-state index in [-0.39, 0.29) is 18.7 Å². The lowest BCUT2D eigenvalue weighted by atomic mass is 10.1. The van der Waals surface area contributed by atoms with Crippen LogP contribution in [0.4, 0.5) is 13.2 Å². The molecular weight excluding hydrogens is 303 g/mol. The zero-order valence-corrected chi connectivity index (χ0v) is 11.7. The number of hydrogen-bond donors (Lipinski definition) is 2. The third-order valence-corrected chi connectivity index (χ3v) is 3.32. The molecule has 2 rings (SSSR count). The molecule has 0 fully saturated rings. The van der Waals surface area contributed by atoms with Gasteiger partial charge in [-0.1, -0.05) is 29.8 Å². The predicted octanol–water partition coefficient (Wildman–Crippen LogP) is 3.58. The SMILES string of the molecule is OC(CNCc1cc(F)c(F)c(F)c1)c1ccccc1Cl. The molecule has 2 aromatic carbocycles. The molecule has 0 aromatic heterocycles. The Labute approximate surface area is 125 Å². The van der Waals surface area contributed by atoms with E-state index in [0.717, 1.165) is 12.1 Å². The summed E-state index contributed by atoms with van der Waals surface area (Å²) in [6.07, 6.45) is -0.853. The minimum Gasteiger partial charge on any atom is -0.387 e. The van der Waals surface area contributed by atoms with Gasteiger partial charge in [0.1, 0.15) is 0 Å². The van der Waals surface area contributed by atoms with Gasteiger partial charge in [-0.3, -0.25) is 0 Å². The standard InChI is InChI=1S/C15H13ClF3NO/c16-11-4-2-1-3-10(11)14(21)8-20-7-9-5-12(17)15(19)13(18)6-9/h1-6,14,20-21H,7-8H2. The lowest BCUT2D eigenvalue weighted by Crippen LogP contribution is -2.21. The first-order valence-corrected chi connectivity index (χ1v) is 6.63. The van der Waals surface area contributed by atoms with Gasteiger partial charge in [-0.2, -0.15) is 0 Å². The van der Waals surface area contributed by atoms with Crippen LogP contribution in [0.1, 0.15) is 17.2 Å². The van der Waals surface area contributed by atoms with Crippen molar-refractivity contribution in [3.63, 3.8) is 0 Å². The molecule has 0 spiro atoms. The van der Waals surface area contributed by atoms with Gasteiger partial charge in [-0.15, -0.1) is 0 Å². The summed E-state index contributed by atoms with van der Waals surface area (Å²) in [5.41, 5.74) is 0.806. The van der Waals surface area contributed by atoms with E-state index in [2.05, 4.69) is 5.32 Å². The maximum absolute atomic E-state index is 13.0. The minimum absolute atomic E-state index is 0.0929. The van der Waals surface area contributed by atoms with Gasteiger partial charge in [0.15, 0.2) is 17.5 Å². The van der Waals surface area contributed by atoms with Gasteiger partial charge in [-0.25, -0.2) is 13.2 Å². The lowest BCUT2D eigenvalue weighted by molar-refractivity contribution is 0.174. The highest BCUT2D eigenvalue weighted by Crippen LogP contribution is 2.22. The zero-order valence-electron chi connectivity index (χ0n) is 10.9. The highest BCUT2D eigenvalue weighted by Gasteiger charge is 2.12. The van der Waals surface area contributed by atoms with Crippen molar-refractivity contribution >= 4 is 11.6 Å². The van der Waals surface area contributed by atoms with Crippen LogP contribution in [0.15, 0.2) is 36.4 Å². The average molecular weight is 316 g/mol. The Morgan fingerprint density at radius 3 is 2.33 bits per heavy atom. The summed E-state index contributed by atoms with van der Waals surface area (Å²) in [5.74, 6) is -3.97. The fourth-order valence-corrected chi connectivity index (χ4v) is 2.18. The molecule has 0 amide bonds. The van der Waals surface area contributed by atoms with Crippen LogP contribution in [0.25, 0.3) is 0 Å². The van der Waals surface area contributed by atoms with Crippen molar-refractivity contribution < 1.29 is 18.3 Å². The molecule has 0 aliphatic heterocycles. The van der Waals surface area contributed by atoms with E-state index in [1.165, 1.54) is 0 Å². The first kappa shape index (κ1) is 15.8. The molecule has 112 valence electrons. The van der Waals surface area contributed by atoms with Crippen molar-refractivity contribution in [1.29, 1.82) is 0 Å². The van der Waals surface area contributed by atoms with E-state index in [9.17, 15) is 18.3 Å². The Balaban J connectivity index is 1.94. The summed E-state index contributed by atoms with van der Waals surface area (Å²) >= 11 is 5.95. The molecule has 0 heterocycles. The number of benzene rings is 2. The van der Waals surface area contributed by atoms with Crippen LogP contribution >= 0.6 is 11.6 Å². The van der Waals surface area contributed by atoms with Gasteiger partial charge in [0, 0.05) is 23.7 Å². The second-order valence-corrected chi connectivity index (χ2v) is 4.95. The number of nitrogens with one attached hydrogen (secondary N) is 1. The molecule has 0 bridgehead atoms. The Hall–Kier alpha value is -1.56. The van der Waals surface area contributed by atoms with Crippen LogP contribution in [0.3, 0.4) is 0 Å². The summed E-state index contributed by atoms with van der Waals surface area (Å²) in [6.45, 7) is 0.236. The molecule has 0 aliphatic carbocycles. The molecule has 0 saturated heterocycles. The highest BCUT2D eigenvalue weighted by atomic mass is 35.5. The lowest BCUT2D eigenvalue weighted by Gasteiger charge is -2.13. The molecule has 21 heavy (non-hydrogen) atoms. The van der Waals surface area contributed by atoms with Gasteiger partial charge >= 0.3 is 0 Å². The Bertz CT molecular complexity index is 613. The molecule has 2 N–H and O–H groups in total. The van der Waals surface area contributed by atoms with Gasteiger partial charge in [0.05, 0.1) is 6.10 Å². The zero-order chi connectivity index (χ0) is 15.4. The van der Waals surface area contributed by atoms with Crippen LogP contribution in [-0.2, 0) is 6.54 Å². The molecule has 6 heteroatoms. The van der Waals surface area contributed by atoms with Crippen LogP contribution in [0, 0.1) is 17.5 Å². The van der Waals surface area contributed by atoms with Crippen molar-refractivity contribution in [2.75, 3.05) is 6.54 Å². The topological polar surface area (TPSA) is 32.3 Å². The quantitative estimate of drug-likeness (QED) is 0.827. The Morgan fingerprint density at radius 2 is 1.71 bits per heavy atom. The smallest absolute Gasteiger partial charge is 0.194 e. The fraction of sp³-hybridized carbons (Fsp3) is 0.200. The summed E-state index contributed by atoms with van der Waals surface area (Å²) in [4.78, 5) is 0. The van der Waals surface area contributed by atoms with Crippen LogP contribution < -0.4 is 5.32 Å². The molecular formula is C15H13ClF3NO. The maximum atomic E-state index is 13.0. The number of rotatable bonds is 5. The van der Waals surface area contributed by atoms with Crippen LogP contribution in [0.5, 0.6) is 0 Å². The molecule has 2 nitrogen and oxygen atoms in total. The largest absolute Gasteiger partial charge is 0.387 e. The van der Waals surface area contributed by atoms with Crippen LogP contribution in [-0.4, -0.2) is 11.7 Å². The van der Waals surface area contributed by atoms with Crippen molar-refractivity contribution in [3.8, 4) is 0 Å². The van der Waals surface area contributed by atoms with E-state index in [1.54, 1.807) is 24.3 Å². The number of halogens is 4. The van der Waals surface area contributed by atoms with Crippen molar-refractivity contribution in [1.82, 2.24) is 5.32 Å². The van der Waals surface area contributed by atoms with Gasteiger partial charge in [0.25, 0.3) is 0 Å². The molecule has 1 unspecified atom stereocenters. The molecule has 1 atom stereocenters. The monoisotopic (exact) mass is 315 g/mol. The van der Waals surface area contributed by atoms with Gasteiger partial charge < -0.3 is 10.4 Å². The molecule has 2 aromatic rings. The maximum Gasteiger partial charge on any atom is 0.194 e. The van der Waals surface area contributed by atoms with Crippen molar-refractivity contribution in [2.24, 2.45) is 0 Å². The summed E-state index contributed by atoms with van der Waals surface area (Å²) in [7, 11) is 0. The second kappa shape index (κ2) is 6.93. The summed E-state index contributed by atoms with van der Waals surface area (Å²) in [6, 6.07) is 8.66. The third-order valence-electron chi connectivity index (χ3n) is 2.97. The number of aliphatic hydroxyl groups excluding tert-OH is 1. The van der Waals surface area contributed by atoms with E-state index >= 15 is 0 Å². The fourth-order valence-electron chi connectivity index (χ4n) is 1.92. The normalized spacial score (nSPS) is 12.4. The van der Waals surface area contributed by atoms with E-state index in [1.807, 2.05) is 0 Å². The van der Waals surface area contributed by atoms with Gasteiger partial charge in [0.2, 0.25) is 0 Å². The summed E-state index contributed by atoms with van der Waals surface area (Å²) in [5, 5.41) is 13.3. The molecule has 0 saturated carbocycles. The molecule has 0 aliphatic rings. The molecule has 0 radical (unpaired) electrons. The van der Waals surface area contributed by atoms with E-state index in [0.29, 0.717) is 10.6 Å². The average Bonchev–Trinajstić information content (AvgIpc) is 2.45. The predicted molar refractivity (Wildman–Crippen MR) is 74.4 cm³/mol. The van der Waals surface area contributed by atoms with E-state index in [4.69, 9.17) is 11.6 Å². The first-order valence-electron chi connectivity index (χ1n) is 6.25. The van der Waals surface area contributed by atoms with Crippen molar-refractivity contribution in [3.05, 3.63) is 70.0 Å². The Morgan fingerprint density at radius 1 is 1.10 bits per heavy atom.